The second-order valence-corrected chi connectivity index (χ2v) is 9.16. The third-order valence-electron chi connectivity index (χ3n) is 3.63. The molecule has 8 heteroatoms. The summed E-state index contributed by atoms with van der Waals surface area (Å²) >= 11 is 11.5. The molecule has 134 valence electrons. The molecule has 0 atom stereocenters. The normalized spacial score (nSPS) is 15.8. The lowest BCUT2D eigenvalue weighted by atomic mass is 10.2. The molecule has 2 aromatic rings. The van der Waals surface area contributed by atoms with E-state index < -0.39 is 0 Å². The molecule has 4 nitrogen and oxygen atoms in total. The SMILES string of the molecule is CN1C(=O)S/C(=C\c2cc(I)c(OCc3ccccc3Cl)c(I)c2)C1=O. The van der Waals surface area contributed by atoms with Crippen molar-refractivity contribution in [2.24, 2.45) is 0 Å². The Balaban J connectivity index is 1.82. The third-order valence-corrected chi connectivity index (χ3v) is 6.57. The van der Waals surface area contributed by atoms with Crippen molar-refractivity contribution >= 4 is 85.8 Å². The molecule has 0 aliphatic carbocycles. The maximum absolute atomic E-state index is 12.0. The Bertz CT molecular complexity index is 909. The molecule has 1 aliphatic rings. The van der Waals surface area contributed by atoms with E-state index in [1.165, 1.54) is 7.05 Å². The zero-order valence-corrected chi connectivity index (χ0v) is 19.4. The van der Waals surface area contributed by atoms with Gasteiger partial charge in [-0.25, -0.2) is 0 Å². The number of carbonyl (C=O) groups is 2. The fourth-order valence-electron chi connectivity index (χ4n) is 2.26. The quantitative estimate of drug-likeness (QED) is 0.324. The monoisotopic (exact) mass is 611 g/mol. The molecular formula is C18H12ClI2NO3S. The highest BCUT2D eigenvalue weighted by atomic mass is 127. The minimum absolute atomic E-state index is 0.259. The van der Waals surface area contributed by atoms with Crippen LogP contribution in [0.25, 0.3) is 6.08 Å². The number of amides is 2. The lowest BCUT2D eigenvalue weighted by molar-refractivity contribution is -0.121. The Morgan fingerprint density at radius 2 is 1.85 bits per heavy atom. The van der Waals surface area contributed by atoms with Crippen LogP contribution in [-0.4, -0.2) is 23.1 Å². The minimum atomic E-state index is -0.274. The van der Waals surface area contributed by atoms with Crippen molar-refractivity contribution in [2.75, 3.05) is 7.05 Å². The van der Waals surface area contributed by atoms with E-state index in [9.17, 15) is 9.59 Å². The first-order chi connectivity index (χ1) is 12.4. The van der Waals surface area contributed by atoms with Crippen molar-refractivity contribution < 1.29 is 14.3 Å². The Morgan fingerprint density at radius 3 is 2.42 bits per heavy atom. The van der Waals surface area contributed by atoms with Gasteiger partial charge in [0.05, 0.1) is 12.0 Å². The first kappa shape index (κ1) is 20.0. The van der Waals surface area contributed by atoms with Crippen molar-refractivity contribution in [3.63, 3.8) is 0 Å². The largest absolute Gasteiger partial charge is 0.487 e. The summed E-state index contributed by atoms with van der Waals surface area (Å²) in [5.41, 5.74) is 1.77. The lowest BCUT2D eigenvalue weighted by Crippen LogP contribution is -2.22. The number of benzene rings is 2. The number of imide groups is 1. The molecule has 1 aliphatic heterocycles. The third kappa shape index (κ3) is 4.37. The molecule has 0 unspecified atom stereocenters. The van der Waals surface area contributed by atoms with Crippen LogP contribution in [-0.2, 0) is 11.4 Å². The van der Waals surface area contributed by atoms with Gasteiger partial charge in [0.1, 0.15) is 12.4 Å². The summed E-state index contributed by atoms with van der Waals surface area (Å²) in [6, 6.07) is 11.4. The van der Waals surface area contributed by atoms with E-state index in [-0.39, 0.29) is 11.1 Å². The van der Waals surface area contributed by atoms with Gasteiger partial charge in [-0.1, -0.05) is 29.8 Å². The molecule has 1 heterocycles. The highest BCUT2D eigenvalue weighted by Gasteiger charge is 2.31. The van der Waals surface area contributed by atoms with Crippen molar-refractivity contribution in [1.82, 2.24) is 4.90 Å². The topological polar surface area (TPSA) is 46.6 Å². The van der Waals surface area contributed by atoms with Gasteiger partial charge in [0.2, 0.25) is 0 Å². The number of thioether (sulfide) groups is 1. The average molecular weight is 612 g/mol. The van der Waals surface area contributed by atoms with Crippen LogP contribution < -0.4 is 4.74 Å². The van der Waals surface area contributed by atoms with Crippen LogP contribution in [0.1, 0.15) is 11.1 Å². The van der Waals surface area contributed by atoms with Gasteiger partial charge in [-0.2, -0.15) is 0 Å². The van der Waals surface area contributed by atoms with E-state index >= 15 is 0 Å². The van der Waals surface area contributed by atoms with Crippen molar-refractivity contribution in [3.05, 3.63) is 64.6 Å². The molecule has 0 saturated carbocycles. The lowest BCUT2D eigenvalue weighted by Gasteiger charge is -2.12. The predicted octanol–water partition coefficient (Wildman–Crippen LogP) is 5.79. The number of hydrogen-bond donors (Lipinski definition) is 0. The zero-order chi connectivity index (χ0) is 18.8. The van der Waals surface area contributed by atoms with E-state index in [0.29, 0.717) is 16.5 Å². The molecule has 0 N–H and O–H groups in total. The number of halogens is 3. The molecule has 1 fully saturated rings. The van der Waals surface area contributed by atoms with E-state index in [4.69, 9.17) is 16.3 Å². The predicted molar refractivity (Wildman–Crippen MR) is 121 cm³/mol. The summed E-state index contributed by atoms with van der Waals surface area (Å²) in [6.45, 7) is 0.375. The summed E-state index contributed by atoms with van der Waals surface area (Å²) in [7, 11) is 1.48. The smallest absolute Gasteiger partial charge is 0.293 e. The first-order valence-corrected chi connectivity index (χ1v) is 10.8. The Hall–Kier alpha value is -0.780. The second-order valence-electron chi connectivity index (χ2n) is 5.43. The van der Waals surface area contributed by atoms with Gasteiger partial charge in [-0.05, 0) is 86.8 Å². The fraction of sp³-hybridized carbons (Fsp3) is 0.111. The van der Waals surface area contributed by atoms with Gasteiger partial charge in [-0.15, -0.1) is 0 Å². The number of likely N-dealkylation sites (N-methyl/N-ethyl adjacent to an activating group) is 1. The van der Waals surface area contributed by atoms with Gasteiger partial charge < -0.3 is 4.74 Å². The summed E-state index contributed by atoms with van der Waals surface area (Å²) in [5, 5.41) is 0.412. The Kier molecular flexibility index (Phi) is 6.52. The Morgan fingerprint density at radius 1 is 1.19 bits per heavy atom. The number of nitrogens with zero attached hydrogens (tertiary/aromatic N) is 1. The van der Waals surface area contributed by atoms with E-state index in [1.54, 1.807) is 6.08 Å². The molecule has 26 heavy (non-hydrogen) atoms. The standard InChI is InChI=1S/C18H12ClI2NO3S/c1-22-17(23)15(26-18(22)24)8-10-6-13(20)16(14(21)7-10)25-9-11-4-2-3-5-12(11)19/h2-8H,9H2,1H3/b15-8-. The van der Waals surface area contributed by atoms with E-state index in [1.807, 2.05) is 36.4 Å². The minimum Gasteiger partial charge on any atom is -0.487 e. The maximum atomic E-state index is 12.0. The number of rotatable bonds is 4. The van der Waals surface area contributed by atoms with Crippen LogP contribution in [0.4, 0.5) is 4.79 Å². The summed E-state index contributed by atoms with van der Waals surface area (Å²) in [6.07, 6.45) is 1.73. The average Bonchev–Trinajstić information content (AvgIpc) is 2.82. The second kappa shape index (κ2) is 8.49. The fourth-order valence-corrected chi connectivity index (χ4v) is 5.41. The van der Waals surface area contributed by atoms with Crippen molar-refractivity contribution in [3.8, 4) is 5.75 Å². The first-order valence-electron chi connectivity index (χ1n) is 7.43. The van der Waals surface area contributed by atoms with Gasteiger partial charge in [0.15, 0.2) is 0 Å². The molecule has 0 aromatic heterocycles. The van der Waals surface area contributed by atoms with Crippen molar-refractivity contribution in [1.29, 1.82) is 0 Å². The van der Waals surface area contributed by atoms with Crippen LogP contribution >= 0.6 is 68.5 Å². The van der Waals surface area contributed by atoms with Gasteiger partial charge in [0, 0.05) is 17.6 Å². The molecule has 3 rings (SSSR count). The molecule has 0 radical (unpaired) electrons. The number of carbonyl (C=O) groups excluding carboxylic acids is 2. The van der Waals surface area contributed by atoms with Crippen LogP contribution in [0.3, 0.4) is 0 Å². The zero-order valence-electron chi connectivity index (χ0n) is 13.5. The van der Waals surface area contributed by atoms with Gasteiger partial charge in [0.25, 0.3) is 11.1 Å². The van der Waals surface area contributed by atoms with Gasteiger partial charge in [-0.3, -0.25) is 14.5 Å². The number of ether oxygens (including phenoxy) is 1. The molecule has 0 spiro atoms. The number of hydrogen-bond acceptors (Lipinski definition) is 4. The van der Waals surface area contributed by atoms with Crippen LogP contribution in [0.5, 0.6) is 5.75 Å². The Labute approximate surface area is 187 Å². The van der Waals surface area contributed by atoms with Gasteiger partial charge >= 0.3 is 0 Å². The highest BCUT2D eigenvalue weighted by molar-refractivity contribution is 14.1. The molecular weight excluding hydrogens is 600 g/mol. The highest BCUT2D eigenvalue weighted by Crippen LogP contribution is 2.34. The molecule has 1 saturated heterocycles. The van der Waals surface area contributed by atoms with Crippen LogP contribution in [0.15, 0.2) is 41.3 Å². The molecule has 2 amide bonds. The molecule has 0 bridgehead atoms. The summed E-state index contributed by atoms with van der Waals surface area (Å²) in [4.78, 5) is 25.2. The van der Waals surface area contributed by atoms with E-state index in [0.717, 1.165) is 40.7 Å². The molecule has 2 aromatic carbocycles. The van der Waals surface area contributed by atoms with Crippen LogP contribution in [0.2, 0.25) is 5.02 Å². The maximum Gasteiger partial charge on any atom is 0.293 e. The van der Waals surface area contributed by atoms with Crippen LogP contribution in [0, 0.1) is 7.14 Å². The summed E-state index contributed by atoms with van der Waals surface area (Å²) in [5.74, 6) is 0.496. The van der Waals surface area contributed by atoms with Crippen molar-refractivity contribution in [2.45, 2.75) is 6.61 Å². The van der Waals surface area contributed by atoms with E-state index in [2.05, 4.69) is 45.2 Å². The summed E-state index contributed by atoms with van der Waals surface area (Å²) < 4.78 is 7.80.